The van der Waals surface area contributed by atoms with Crippen molar-refractivity contribution < 1.29 is 19.1 Å². The number of hydrogen-bond donors (Lipinski definition) is 1. The van der Waals surface area contributed by atoms with E-state index in [1.807, 2.05) is 0 Å². The Labute approximate surface area is 129 Å². The number of hydrogen-bond acceptors (Lipinski definition) is 4. The summed E-state index contributed by atoms with van der Waals surface area (Å²) in [5, 5.41) is 2.63. The molecule has 0 bridgehead atoms. The molecule has 2 heterocycles. The van der Waals surface area contributed by atoms with Crippen LogP contribution in [0.3, 0.4) is 0 Å². The van der Waals surface area contributed by atoms with Gasteiger partial charge in [-0.15, -0.1) is 0 Å². The van der Waals surface area contributed by atoms with E-state index in [0.717, 1.165) is 6.42 Å². The Bertz CT molecular complexity index is 592. The highest BCUT2D eigenvalue weighted by molar-refractivity contribution is 6.39. The number of fused-ring (bicyclic) bond motifs is 1. The van der Waals surface area contributed by atoms with Crippen LogP contribution in [-0.4, -0.2) is 36.6 Å². The van der Waals surface area contributed by atoms with E-state index in [1.54, 1.807) is 23.1 Å². The predicted molar refractivity (Wildman–Crippen MR) is 80.7 cm³/mol. The molecule has 1 saturated heterocycles. The number of rotatable bonds is 1. The van der Waals surface area contributed by atoms with Gasteiger partial charge in [0.1, 0.15) is 0 Å². The van der Waals surface area contributed by atoms with Crippen molar-refractivity contribution in [2.45, 2.75) is 20.3 Å². The highest BCUT2D eigenvalue weighted by Gasteiger charge is 2.29. The fraction of sp³-hybridized carbons (Fsp3) is 0.500. The molecular formula is C16H20N2O4. The zero-order valence-corrected chi connectivity index (χ0v) is 12.8. The van der Waals surface area contributed by atoms with Gasteiger partial charge in [-0.25, -0.2) is 0 Å². The van der Waals surface area contributed by atoms with Crippen molar-refractivity contribution in [2.24, 2.45) is 11.8 Å². The van der Waals surface area contributed by atoms with Crippen molar-refractivity contribution in [2.75, 3.05) is 25.2 Å². The Kier molecular flexibility index (Phi) is 3.92. The molecule has 6 nitrogen and oxygen atoms in total. The molecule has 0 aromatic heterocycles. The molecule has 0 radical (unpaired) electrons. The number of ether oxygens (including phenoxy) is 2. The second-order valence-corrected chi connectivity index (χ2v) is 6.18. The summed E-state index contributed by atoms with van der Waals surface area (Å²) in [6.45, 7) is 5.65. The smallest absolute Gasteiger partial charge is 0.313 e. The van der Waals surface area contributed by atoms with Crippen molar-refractivity contribution in [3.63, 3.8) is 0 Å². The van der Waals surface area contributed by atoms with Gasteiger partial charge in [0.2, 0.25) is 6.79 Å². The number of amides is 2. The van der Waals surface area contributed by atoms with Crippen LogP contribution < -0.4 is 14.8 Å². The van der Waals surface area contributed by atoms with E-state index in [4.69, 9.17) is 9.47 Å². The Morgan fingerprint density at radius 2 is 1.82 bits per heavy atom. The summed E-state index contributed by atoms with van der Waals surface area (Å²) in [6.07, 6.45) is 1.09. The van der Waals surface area contributed by atoms with E-state index < -0.39 is 11.8 Å². The molecule has 2 aliphatic heterocycles. The number of likely N-dealkylation sites (tertiary alicyclic amines) is 1. The van der Waals surface area contributed by atoms with E-state index in [2.05, 4.69) is 19.2 Å². The van der Waals surface area contributed by atoms with Crippen LogP contribution in [0.5, 0.6) is 11.5 Å². The molecule has 1 fully saturated rings. The first-order chi connectivity index (χ1) is 10.5. The Morgan fingerprint density at radius 3 is 2.55 bits per heavy atom. The molecule has 2 atom stereocenters. The molecule has 1 aromatic rings. The Hall–Kier alpha value is -2.24. The van der Waals surface area contributed by atoms with Gasteiger partial charge in [0.05, 0.1) is 0 Å². The van der Waals surface area contributed by atoms with Gasteiger partial charge in [-0.05, 0) is 30.4 Å². The molecule has 2 aliphatic rings. The lowest BCUT2D eigenvalue weighted by Gasteiger charge is -2.34. The number of anilines is 1. The van der Waals surface area contributed by atoms with Gasteiger partial charge in [0.15, 0.2) is 11.5 Å². The summed E-state index contributed by atoms with van der Waals surface area (Å²) in [5.74, 6) is 0.974. The van der Waals surface area contributed by atoms with E-state index in [0.29, 0.717) is 42.1 Å². The summed E-state index contributed by atoms with van der Waals surface area (Å²) in [5.41, 5.74) is 0.528. The molecule has 0 aliphatic carbocycles. The molecule has 118 valence electrons. The van der Waals surface area contributed by atoms with Crippen LogP contribution >= 0.6 is 0 Å². The summed E-state index contributed by atoms with van der Waals surface area (Å²) in [4.78, 5) is 26.1. The van der Waals surface area contributed by atoms with Crippen molar-refractivity contribution in [3.05, 3.63) is 18.2 Å². The maximum Gasteiger partial charge on any atom is 0.313 e. The standard InChI is InChI=1S/C16H20N2O4/c1-10-5-11(2)8-18(7-10)16(20)15(19)17-12-3-4-13-14(6-12)22-9-21-13/h3-4,6,10-11H,5,7-9H2,1-2H3,(H,17,19)/t10-,11-/m0/s1. The molecule has 0 unspecified atom stereocenters. The van der Waals surface area contributed by atoms with Crippen LogP contribution in [-0.2, 0) is 9.59 Å². The van der Waals surface area contributed by atoms with Gasteiger partial charge < -0.3 is 19.7 Å². The molecule has 0 saturated carbocycles. The van der Waals surface area contributed by atoms with Crippen LogP contribution in [0.4, 0.5) is 5.69 Å². The van der Waals surface area contributed by atoms with Crippen LogP contribution in [0.15, 0.2) is 18.2 Å². The molecule has 1 N–H and O–H groups in total. The quantitative estimate of drug-likeness (QED) is 0.804. The number of nitrogens with one attached hydrogen (secondary N) is 1. The zero-order chi connectivity index (χ0) is 15.7. The third kappa shape index (κ3) is 3.00. The van der Waals surface area contributed by atoms with Gasteiger partial charge in [0, 0.05) is 24.8 Å². The summed E-state index contributed by atoms with van der Waals surface area (Å²) < 4.78 is 10.5. The molecule has 3 rings (SSSR count). The predicted octanol–water partition coefficient (Wildman–Crippen LogP) is 1.86. The molecule has 1 aromatic carbocycles. The summed E-state index contributed by atoms with van der Waals surface area (Å²) in [7, 11) is 0. The van der Waals surface area contributed by atoms with Crippen molar-refractivity contribution in [1.29, 1.82) is 0 Å². The summed E-state index contributed by atoms with van der Waals surface area (Å²) in [6, 6.07) is 5.07. The second-order valence-electron chi connectivity index (χ2n) is 6.18. The van der Waals surface area contributed by atoms with Crippen molar-refractivity contribution in [1.82, 2.24) is 4.90 Å². The molecular weight excluding hydrogens is 284 g/mol. The monoisotopic (exact) mass is 304 g/mol. The third-order valence-corrected chi connectivity index (χ3v) is 3.98. The largest absolute Gasteiger partial charge is 0.454 e. The Balaban J connectivity index is 1.65. The molecule has 0 spiro atoms. The maximum absolute atomic E-state index is 12.3. The lowest BCUT2D eigenvalue weighted by atomic mass is 9.92. The lowest BCUT2D eigenvalue weighted by molar-refractivity contribution is -0.144. The second kappa shape index (κ2) is 5.87. The number of carbonyl (C=O) groups is 2. The molecule has 6 heteroatoms. The first kappa shape index (κ1) is 14.7. The average Bonchev–Trinajstić information content (AvgIpc) is 2.93. The van der Waals surface area contributed by atoms with Crippen LogP contribution in [0.2, 0.25) is 0 Å². The first-order valence-electron chi connectivity index (χ1n) is 7.53. The fourth-order valence-corrected chi connectivity index (χ4v) is 3.13. The summed E-state index contributed by atoms with van der Waals surface area (Å²) >= 11 is 0. The van der Waals surface area contributed by atoms with Crippen molar-refractivity contribution >= 4 is 17.5 Å². The van der Waals surface area contributed by atoms with Gasteiger partial charge in [-0.1, -0.05) is 13.8 Å². The highest BCUT2D eigenvalue weighted by Crippen LogP contribution is 2.34. The number of nitrogens with zero attached hydrogens (tertiary/aromatic N) is 1. The fourth-order valence-electron chi connectivity index (χ4n) is 3.13. The molecule has 2 amide bonds. The topological polar surface area (TPSA) is 67.9 Å². The van der Waals surface area contributed by atoms with Crippen LogP contribution in [0, 0.1) is 11.8 Å². The Morgan fingerprint density at radius 1 is 1.14 bits per heavy atom. The number of benzene rings is 1. The minimum Gasteiger partial charge on any atom is -0.454 e. The zero-order valence-electron chi connectivity index (χ0n) is 12.8. The first-order valence-corrected chi connectivity index (χ1v) is 7.53. The third-order valence-electron chi connectivity index (χ3n) is 3.98. The average molecular weight is 304 g/mol. The van der Waals surface area contributed by atoms with Crippen LogP contribution in [0.1, 0.15) is 20.3 Å². The van der Waals surface area contributed by atoms with E-state index >= 15 is 0 Å². The van der Waals surface area contributed by atoms with Gasteiger partial charge in [-0.3, -0.25) is 9.59 Å². The van der Waals surface area contributed by atoms with E-state index in [1.165, 1.54) is 0 Å². The van der Waals surface area contributed by atoms with Gasteiger partial charge >= 0.3 is 11.8 Å². The maximum atomic E-state index is 12.3. The van der Waals surface area contributed by atoms with E-state index in [-0.39, 0.29) is 6.79 Å². The number of piperidine rings is 1. The highest BCUT2D eigenvalue weighted by atomic mass is 16.7. The SMILES string of the molecule is C[C@H]1C[C@H](C)CN(C(=O)C(=O)Nc2ccc3c(c2)OCO3)C1. The van der Waals surface area contributed by atoms with Gasteiger partial charge in [0.25, 0.3) is 0 Å². The minimum absolute atomic E-state index is 0.176. The minimum atomic E-state index is -0.611. The lowest BCUT2D eigenvalue weighted by Crippen LogP contribution is -2.47. The van der Waals surface area contributed by atoms with Crippen LogP contribution in [0.25, 0.3) is 0 Å². The van der Waals surface area contributed by atoms with Gasteiger partial charge in [-0.2, -0.15) is 0 Å². The number of carbonyl (C=O) groups excluding carboxylic acids is 2. The molecule has 22 heavy (non-hydrogen) atoms. The van der Waals surface area contributed by atoms with E-state index in [9.17, 15) is 9.59 Å². The normalized spacial score (nSPS) is 23.3. The van der Waals surface area contributed by atoms with Crippen molar-refractivity contribution in [3.8, 4) is 11.5 Å².